The minimum atomic E-state index is -0.365. The van der Waals surface area contributed by atoms with Gasteiger partial charge in [-0.25, -0.2) is 4.79 Å². The van der Waals surface area contributed by atoms with Crippen LogP contribution in [0.3, 0.4) is 0 Å². The fourth-order valence-electron chi connectivity index (χ4n) is 5.23. The van der Waals surface area contributed by atoms with Gasteiger partial charge < -0.3 is 24.3 Å². The Bertz CT molecular complexity index is 1510. The third-order valence-electron chi connectivity index (χ3n) is 7.29. The lowest BCUT2D eigenvalue weighted by molar-refractivity contribution is -0.119. The number of carbonyl (C=O) groups is 2. The molecule has 0 saturated heterocycles. The van der Waals surface area contributed by atoms with Gasteiger partial charge in [-0.3, -0.25) is 9.69 Å². The molecule has 4 aromatic rings. The van der Waals surface area contributed by atoms with Gasteiger partial charge in [0.1, 0.15) is 24.1 Å². The molecule has 2 heterocycles. The molecule has 1 N–H and O–H groups in total. The van der Waals surface area contributed by atoms with Gasteiger partial charge in [-0.2, -0.15) is 0 Å². The number of urea groups is 1. The number of para-hydroxylation sites is 2. The first kappa shape index (κ1) is 24.6. The predicted molar refractivity (Wildman–Crippen MR) is 150 cm³/mol. The van der Waals surface area contributed by atoms with Crippen molar-refractivity contribution in [1.29, 1.82) is 0 Å². The standard InChI is InChI=1S/C31H30N4O4/c1-38-24-16-12-21(13-17-24)30-28-11-6-18-33(28)26-9-3-4-10-27(26)35(30)29(36)20-34(23-14-15-23)31(37)32-22-7-5-8-25(19-22)39-2/h3-13,16-19,23,30H,14-15,20H2,1-2H3,(H,32,37). The van der Waals surface area contributed by atoms with Crippen LogP contribution in [0.1, 0.15) is 30.1 Å². The van der Waals surface area contributed by atoms with Crippen molar-refractivity contribution in [3.8, 4) is 17.2 Å². The molecular formula is C31H30N4O4. The number of carbonyl (C=O) groups excluding carboxylic acids is 2. The minimum absolute atomic E-state index is 0.0305. The van der Waals surface area contributed by atoms with Crippen LogP contribution in [0.25, 0.3) is 5.69 Å². The van der Waals surface area contributed by atoms with Gasteiger partial charge in [0.05, 0.1) is 31.3 Å². The second-order valence-electron chi connectivity index (χ2n) is 9.75. The molecule has 0 spiro atoms. The van der Waals surface area contributed by atoms with E-state index in [-0.39, 0.29) is 30.6 Å². The molecule has 3 aromatic carbocycles. The van der Waals surface area contributed by atoms with E-state index in [0.29, 0.717) is 11.4 Å². The summed E-state index contributed by atoms with van der Waals surface area (Å²) in [5.41, 5.74) is 4.28. The molecule has 0 radical (unpaired) electrons. The summed E-state index contributed by atoms with van der Waals surface area (Å²) in [5, 5.41) is 2.95. The third-order valence-corrected chi connectivity index (χ3v) is 7.29. The van der Waals surface area contributed by atoms with Crippen LogP contribution in [0.4, 0.5) is 16.2 Å². The molecule has 1 atom stereocenters. The number of benzene rings is 3. The first-order chi connectivity index (χ1) is 19.1. The van der Waals surface area contributed by atoms with Crippen LogP contribution in [0.15, 0.2) is 91.1 Å². The Labute approximate surface area is 227 Å². The Kier molecular flexibility index (Phi) is 6.44. The number of aromatic nitrogens is 1. The second-order valence-corrected chi connectivity index (χ2v) is 9.75. The molecule has 0 bridgehead atoms. The van der Waals surface area contributed by atoms with E-state index in [1.807, 2.05) is 90.0 Å². The molecule has 3 amide bonds. The molecule has 1 aromatic heterocycles. The Morgan fingerprint density at radius 2 is 1.62 bits per heavy atom. The molecule has 1 unspecified atom stereocenters. The molecular weight excluding hydrogens is 492 g/mol. The number of hydrogen-bond donors (Lipinski definition) is 1. The predicted octanol–water partition coefficient (Wildman–Crippen LogP) is 5.63. The highest BCUT2D eigenvalue weighted by atomic mass is 16.5. The van der Waals surface area contributed by atoms with Crippen molar-refractivity contribution >= 4 is 23.3 Å². The van der Waals surface area contributed by atoms with Crippen LogP contribution >= 0.6 is 0 Å². The zero-order valence-corrected chi connectivity index (χ0v) is 21.9. The maximum atomic E-state index is 14.2. The molecule has 1 saturated carbocycles. The summed E-state index contributed by atoms with van der Waals surface area (Å²) in [6.07, 6.45) is 3.77. The average molecular weight is 523 g/mol. The number of anilines is 2. The van der Waals surface area contributed by atoms with Gasteiger partial charge in [-0.15, -0.1) is 0 Å². The lowest BCUT2D eigenvalue weighted by atomic mass is 9.97. The molecule has 198 valence electrons. The van der Waals surface area contributed by atoms with E-state index in [1.54, 1.807) is 25.2 Å². The zero-order valence-electron chi connectivity index (χ0n) is 21.9. The summed E-state index contributed by atoms with van der Waals surface area (Å²) in [4.78, 5) is 31.2. The Morgan fingerprint density at radius 3 is 2.33 bits per heavy atom. The summed E-state index contributed by atoms with van der Waals surface area (Å²) in [6, 6.07) is 26.3. The Morgan fingerprint density at radius 1 is 0.872 bits per heavy atom. The van der Waals surface area contributed by atoms with Crippen molar-refractivity contribution in [2.75, 3.05) is 31.0 Å². The van der Waals surface area contributed by atoms with Gasteiger partial charge in [0.2, 0.25) is 5.91 Å². The fourth-order valence-corrected chi connectivity index (χ4v) is 5.23. The first-order valence-electron chi connectivity index (χ1n) is 13.0. The number of nitrogens with zero attached hydrogens (tertiary/aromatic N) is 3. The van der Waals surface area contributed by atoms with Gasteiger partial charge in [-0.05, 0) is 66.9 Å². The van der Waals surface area contributed by atoms with E-state index in [9.17, 15) is 9.59 Å². The highest BCUT2D eigenvalue weighted by molar-refractivity contribution is 6.01. The SMILES string of the molecule is COc1ccc(C2c3cccn3-c3ccccc3N2C(=O)CN(C(=O)Nc2cccc(OC)c2)C2CC2)cc1. The van der Waals surface area contributed by atoms with Crippen LogP contribution in [0, 0.1) is 0 Å². The van der Waals surface area contributed by atoms with Crippen molar-refractivity contribution in [3.05, 3.63) is 102 Å². The van der Waals surface area contributed by atoms with Gasteiger partial charge in [0, 0.05) is 24.0 Å². The quantitative estimate of drug-likeness (QED) is 0.342. The molecule has 1 fully saturated rings. The highest BCUT2D eigenvalue weighted by Crippen LogP contribution is 2.43. The van der Waals surface area contributed by atoms with Crippen LogP contribution in [-0.4, -0.2) is 48.2 Å². The second kappa shape index (κ2) is 10.2. The van der Waals surface area contributed by atoms with Crippen molar-refractivity contribution in [2.45, 2.75) is 24.9 Å². The molecule has 6 rings (SSSR count). The lowest BCUT2D eigenvalue weighted by Gasteiger charge is -2.39. The van der Waals surface area contributed by atoms with E-state index in [1.165, 1.54) is 0 Å². The number of amides is 3. The van der Waals surface area contributed by atoms with Gasteiger partial charge >= 0.3 is 6.03 Å². The van der Waals surface area contributed by atoms with E-state index in [2.05, 4.69) is 9.88 Å². The van der Waals surface area contributed by atoms with Crippen molar-refractivity contribution < 1.29 is 19.1 Å². The Hall–Kier alpha value is -4.72. The van der Waals surface area contributed by atoms with E-state index in [4.69, 9.17) is 9.47 Å². The number of rotatable bonds is 7. The maximum Gasteiger partial charge on any atom is 0.322 e. The topological polar surface area (TPSA) is 76.0 Å². The fraction of sp³-hybridized carbons (Fsp3) is 0.226. The van der Waals surface area contributed by atoms with Crippen LogP contribution in [-0.2, 0) is 4.79 Å². The molecule has 8 heteroatoms. The third kappa shape index (κ3) is 4.69. The number of ether oxygens (including phenoxy) is 2. The molecule has 8 nitrogen and oxygen atoms in total. The molecule has 39 heavy (non-hydrogen) atoms. The van der Waals surface area contributed by atoms with Crippen molar-refractivity contribution in [1.82, 2.24) is 9.47 Å². The number of nitrogens with one attached hydrogen (secondary N) is 1. The van der Waals surface area contributed by atoms with Crippen molar-refractivity contribution in [3.63, 3.8) is 0 Å². The number of hydrogen-bond acceptors (Lipinski definition) is 4. The summed E-state index contributed by atoms with van der Waals surface area (Å²) >= 11 is 0. The highest BCUT2D eigenvalue weighted by Gasteiger charge is 2.40. The van der Waals surface area contributed by atoms with E-state index < -0.39 is 0 Å². The van der Waals surface area contributed by atoms with Crippen LogP contribution in [0.2, 0.25) is 0 Å². The summed E-state index contributed by atoms with van der Waals surface area (Å²) in [6.45, 7) is -0.0395. The molecule has 1 aliphatic heterocycles. The van der Waals surface area contributed by atoms with E-state index in [0.717, 1.165) is 41.2 Å². The van der Waals surface area contributed by atoms with Crippen LogP contribution in [0.5, 0.6) is 11.5 Å². The van der Waals surface area contributed by atoms with E-state index >= 15 is 0 Å². The molecule has 2 aliphatic rings. The first-order valence-corrected chi connectivity index (χ1v) is 13.0. The minimum Gasteiger partial charge on any atom is -0.497 e. The zero-order chi connectivity index (χ0) is 26.9. The van der Waals surface area contributed by atoms with Crippen molar-refractivity contribution in [2.24, 2.45) is 0 Å². The van der Waals surface area contributed by atoms with Crippen LogP contribution < -0.4 is 19.7 Å². The monoisotopic (exact) mass is 522 g/mol. The van der Waals surface area contributed by atoms with Gasteiger partial charge in [0.15, 0.2) is 0 Å². The summed E-state index contributed by atoms with van der Waals surface area (Å²) < 4.78 is 12.8. The normalized spacial score (nSPS) is 15.6. The summed E-state index contributed by atoms with van der Waals surface area (Å²) in [5.74, 6) is 1.25. The largest absolute Gasteiger partial charge is 0.497 e. The smallest absolute Gasteiger partial charge is 0.322 e. The van der Waals surface area contributed by atoms with Gasteiger partial charge in [-0.1, -0.05) is 30.3 Å². The molecule has 1 aliphatic carbocycles. The number of fused-ring (bicyclic) bond motifs is 3. The van der Waals surface area contributed by atoms with Gasteiger partial charge in [0.25, 0.3) is 0 Å². The summed E-state index contributed by atoms with van der Waals surface area (Å²) in [7, 11) is 3.22. The Balaban J connectivity index is 1.34. The number of methoxy groups -OCH3 is 2. The average Bonchev–Trinajstić information content (AvgIpc) is 3.70. The lowest BCUT2D eigenvalue weighted by Crippen LogP contribution is -2.48. The maximum absolute atomic E-state index is 14.2.